The molecule has 0 saturated carbocycles. The molecule has 1 saturated heterocycles. The molecule has 24 heavy (non-hydrogen) atoms. The van der Waals surface area contributed by atoms with E-state index in [9.17, 15) is 9.59 Å². The zero-order valence-corrected chi connectivity index (χ0v) is 14.8. The molecule has 132 valence electrons. The second-order valence-corrected chi connectivity index (χ2v) is 6.06. The van der Waals surface area contributed by atoms with Crippen LogP contribution in [0.15, 0.2) is 18.2 Å². The molecule has 0 spiro atoms. The summed E-state index contributed by atoms with van der Waals surface area (Å²) in [7, 11) is 3.20. The number of piperidine rings is 1. The minimum atomic E-state index is -0.194. The lowest BCUT2D eigenvalue weighted by atomic mass is 9.84. The van der Waals surface area contributed by atoms with Gasteiger partial charge in [-0.15, -0.1) is 0 Å². The number of ether oxygens (including phenoxy) is 2. The predicted molar refractivity (Wildman–Crippen MR) is 91.3 cm³/mol. The van der Waals surface area contributed by atoms with Crippen molar-refractivity contribution in [2.45, 2.75) is 26.2 Å². The van der Waals surface area contributed by atoms with Crippen LogP contribution in [0, 0.1) is 5.92 Å². The summed E-state index contributed by atoms with van der Waals surface area (Å²) >= 11 is 0. The molecule has 1 aliphatic rings. The molecule has 0 aromatic heterocycles. The Morgan fingerprint density at radius 1 is 1.21 bits per heavy atom. The summed E-state index contributed by atoms with van der Waals surface area (Å²) in [6.45, 7) is 5.13. The number of carbonyl (C=O) groups is 2. The van der Waals surface area contributed by atoms with Crippen LogP contribution in [0.2, 0.25) is 0 Å². The fourth-order valence-electron chi connectivity index (χ4n) is 3.21. The average molecular weight is 334 g/mol. The fraction of sp³-hybridized carbons (Fsp3) is 0.556. The van der Waals surface area contributed by atoms with Gasteiger partial charge in [0.25, 0.3) is 0 Å². The quantitative estimate of drug-likeness (QED) is 0.891. The Hall–Kier alpha value is -2.24. The maximum absolute atomic E-state index is 12.3. The van der Waals surface area contributed by atoms with Gasteiger partial charge in [-0.3, -0.25) is 9.59 Å². The maximum Gasteiger partial charge on any atom is 0.224 e. The van der Waals surface area contributed by atoms with E-state index in [1.807, 2.05) is 25.1 Å². The molecule has 0 unspecified atom stereocenters. The van der Waals surface area contributed by atoms with Crippen molar-refractivity contribution in [2.24, 2.45) is 5.92 Å². The molecule has 2 amide bonds. The Bertz CT molecular complexity index is 603. The summed E-state index contributed by atoms with van der Waals surface area (Å²) in [5.74, 6) is 1.23. The van der Waals surface area contributed by atoms with Crippen molar-refractivity contribution < 1.29 is 19.1 Å². The van der Waals surface area contributed by atoms with Gasteiger partial charge in [-0.2, -0.15) is 0 Å². The monoisotopic (exact) mass is 334 g/mol. The molecule has 1 aliphatic heterocycles. The Labute approximate surface area is 143 Å². The van der Waals surface area contributed by atoms with Gasteiger partial charge in [0.1, 0.15) is 0 Å². The molecule has 1 aromatic carbocycles. The second kappa shape index (κ2) is 8.04. The number of hydrogen-bond acceptors (Lipinski definition) is 4. The van der Waals surface area contributed by atoms with Crippen LogP contribution in [0.4, 0.5) is 0 Å². The van der Waals surface area contributed by atoms with Crippen molar-refractivity contribution >= 4 is 11.8 Å². The number of nitrogens with one attached hydrogen (secondary N) is 1. The van der Waals surface area contributed by atoms with E-state index in [-0.39, 0.29) is 23.7 Å². The number of amides is 2. The van der Waals surface area contributed by atoms with Gasteiger partial charge in [0.2, 0.25) is 11.8 Å². The summed E-state index contributed by atoms with van der Waals surface area (Å²) in [4.78, 5) is 25.9. The highest BCUT2D eigenvalue weighted by atomic mass is 16.5. The molecule has 6 nitrogen and oxygen atoms in total. The first kappa shape index (κ1) is 18.1. The summed E-state index contributed by atoms with van der Waals surface area (Å²) in [6, 6.07) is 5.77. The van der Waals surface area contributed by atoms with Crippen molar-refractivity contribution in [1.29, 1.82) is 0 Å². The van der Waals surface area contributed by atoms with Crippen LogP contribution < -0.4 is 14.8 Å². The Morgan fingerprint density at radius 2 is 1.92 bits per heavy atom. The Balaban J connectivity index is 2.27. The van der Waals surface area contributed by atoms with Crippen LogP contribution in [-0.2, 0) is 9.59 Å². The number of benzene rings is 1. The minimum absolute atomic E-state index is 0.00512. The first-order chi connectivity index (χ1) is 11.5. The predicted octanol–water partition coefficient (Wildman–Crippen LogP) is 1.79. The van der Waals surface area contributed by atoms with E-state index in [0.717, 1.165) is 5.56 Å². The van der Waals surface area contributed by atoms with Crippen LogP contribution in [0.3, 0.4) is 0 Å². The number of nitrogens with zero attached hydrogens (tertiary/aromatic N) is 1. The Morgan fingerprint density at radius 3 is 2.50 bits per heavy atom. The highest BCUT2D eigenvalue weighted by molar-refractivity contribution is 5.80. The third kappa shape index (κ3) is 3.99. The van der Waals surface area contributed by atoms with Gasteiger partial charge >= 0.3 is 0 Å². The Kier molecular flexibility index (Phi) is 6.06. The molecule has 2 atom stereocenters. The van der Waals surface area contributed by atoms with Crippen molar-refractivity contribution in [3.8, 4) is 11.5 Å². The molecule has 1 fully saturated rings. The standard InChI is InChI=1S/C18H26N2O4/c1-5-19-18(22)15-8-14(10-20(11-15)12(2)21)13-6-7-16(23-3)17(9-13)24-4/h6-7,9,14-15H,5,8,10-11H2,1-4H3,(H,19,22)/t14-,15-/m1/s1. The number of hydrogen-bond donors (Lipinski definition) is 1. The maximum atomic E-state index is 12.3. The lowest BCUT2D eigenvalue weighted by Gasteiger charge is -2.37. The van der Waals surface area contributed by atoms with Crippen molar-refractivity contribution in [3.63, 3.8) is 0 Å². The highest BCUT2D eigenvalue weighted by Crippen LogP contribution is 2.35. The number of rotatable bonds is 5. The molecular weight excluding hydrogens is 308 g/mol. The van der Waals surface area contributed by atoms with Gasteiger partial charge in [0.15, 0.2) is 11.5 Å². The average Bonchev–Trinajstić information content (AvgIpc) is 2.60. The number of carbonyl (C=O) groups excluding carboxylic acids is 2. The van der Waals surface area contributed by atoms with Gasteiger partial charge in [0.05, 0.1) is 20.1 Å². The van der Waals surface area contributed by atoms with E-state index in [1.165, 1.54) is 0 Å². The smallest absolute Gasteiger partial charge is 0.224 e. The SMILES string of the molecule is CCNC(=O)[C@@H]1C[C@@H](c2ccc(OC)c(OC)c2)CN(C(C)=O)C1. The van der Waals surface area contributed by atoms with Gasteiger partial charge in [-0.25, -0.2) is 0 Å². The lowest BCUT2D eigenvalue weighted by molar-refractivity contribution is -0.134. The van der Waals surface area contributed by atoms with E-state index in [0.29, 0.717) is 37.6 Å². The van der Waals surface area contributed by atoms with E-state index in [1.54, 1.807) is 26.0 Å². The summed E-state index contributed by atoms with van der Waals surface area (Å²) in [6.07, 6.45) is 0.713. The molecule has 1 heterocycles. The molecule has 0 radical (unpaired) electrons. The van der Waals surface area contributed by atoms with E-state index in [4.69, 9.17) is 9.47 Å². The first-order valence-electron chi connectivity index (χ1n) is 8.25. The summed E-state index contributed by atoms with van der Waals surface area (Å²) in [5, 5.41) is 2.87. The molecule has 6 heteroatoms. The van der Waals surface area contributed by atoms with E-state index >= 15 is 0 Å². The van der Waals surface area contributed by atoms with Crippen molar-refractivity contribution in [2.75, 3.05) is 33.9 Å². The lowest BCUT2D eigenvalue weighted by Crippen LogP contribution is -2.47. The normalized spacial score (nSPS) is 20.4. The second-order valence-electron chi connectivity index (χ2n) is 6.06. The fourth-order valence-corrected chi connectivity index (χ4v) is 3.21. The topological polar surface area (TPSA) is 67.9 Å². The van der Waals surface area contributed by atoms with E-state index < -0.39 is 0 Å². The molecule has 1 aromatic rings. The van der Waals surface area contributed by atoms with Crippen molar-refractivity contribution in [1.82, 2.24) is 10.2 Å². The summed E-state index contributed by atoms with van der Waals surface area (Å²) in [5.41, 5.74) is 1.05. The van der Waals surface area contributed by atoms with Gasteiger partial charge in [-0.05, 0) is 31.0 Å². The number of methoxy groups -OCH3 is 2. The highest BCUT2D eigenvalue weighted by Gasteiger charge is 2.33. The molecule has 2 rings (SSSR count). The zero-order valence-electron chi connectivity index (χ0n) is 14.8. The van der Waals surface area contributed by atoms with Crippen LogP contribution in [0.5, 0.6) is 11.5 Å². The van der Waals surface area contributed by atoms with Crippen LogP contribution >= 0.6 is 0 Å². The zero-order chi connectivity index (χ0) is 17.7. The molecular formula is C18H26N2O4. The van der Waals surface area contributed by atoms with Crippen LogP contribution in [0.25, 0.3) is 0 Å². The van der Waals surface area contributed by atoms with Crippen LogP contribution in [-0.4, -0.2) is 50.6 Å². The third-order valence-electron chi connectivity index (χ3n) is 4.50. The van der Waals surface area contributed by atoms with Crippen LogP contribution in [0.1, 0.15) is 31.7 Å². The number of likely N-dealkylation sites (tertiary alicyclic amines) is 1. The summed E-state index contributed by atoms with van der Waals surface area (Å²) < 4.78 is 10.6. The third-order valence-corrected chi connectivity index (χ3v) is 4.50. The molecule has 0 bridgehead atoms. The first-order valence-corrected chi connectivity index (χ1v) is 8.25. The van der Waals surface area contributed by atoms with E-state index in [2.05, 4.69) is 5.32 Å². The molecule has 0 aliphatic carbocycles. The van der Waals surface area contributed by atoms with Crippen molar-refractivity contribution in [3.05, 3.63) is 23.8 Å². The van der Waals surface area contributed by atoms with Gasteiger partial charge in [-0.1, -0.05) is 6.07 Å². The largest absolute Gasteiger partial charge is 0.493 e. The molecule has 1 N–H and O–H groups in total. The minimum Gasteiger partial charge on any atom is -0.493 e. The van der Waals surface area contributed by atoms with Gasteiger partial charge in [0, 0.05) is 32.5 Å². The van der Waals surface area contributed by atoms with Gasteiger partial charge < -0.3 is 19.7 Å².